The summed E-state index contributed by atoms with van der Waals surface area (Å²) in [5, 5.41) is 18.3. The fourth-order valence-electron chi connectivity index (χ4n) is 5.91. The van der Waals surface area contributed by atoms with Crippen LogP contribution in [0.4, 0.5) is 17.1 Å². The number of piperidine rings is 1. The van der Waals surface area contributed by atoms with E-state index >= 15 is 0 Å². The van der Waals surface area contributed by atoms with Crippen LogP contribution in [0, 0.1) is 5.92 Å². The standard InChI is InChI=1S/C28H30N8O4/c1-34-13-18(12-30-34)31-22-14-35(33-25(22)16-2-3-16)19-8-15(9-19)11-29-17-4-5-20-21(10-17)28(40)36(27(20)39)23-6-7-24(37)32-26(23)38/h4-5,10,12-16,19,23,29,31H,2-3,6-9,11H2,1H3,(H,32,37,38). The Morgan fingerprint density at radius 2 is 1.80 bits per heavy atom. The third kappa shape index (κ3) is 4.33. The largest absolute Gasteiger partial charge is 0.385 e. The van der Waals surface area contributed by atoms with Crippen LogP contribution in [0.25, 0.3) is 0 Å². The molecule has 4 aliphatic rings. The Kier molecular flexibility index (Phi) is 5.72. The van der Waals surface area contributed by atoms with E-state index in [0.29, 0.717) is 17.9 Å². The predicted molar refractivity (Wildman–Crippen MR) is 144 cm³/mol. The maximum absolute atomic E-state index is 13.1. The lowest BCUT2D eigenvalue weighted by molar-refractivity contribution is -0.136. The molecule has 4 heterocycles. The van der Waals surface area contributed by atoms with Crippen LogP contribution >= 0.6 is 0 Å². The molecule has 1 unspecified atom stereocenters. The monoisotopic (exact) mass is 542 g/mol. The summed E-state index contributed by atoms with van der Waals surface area (Å²) in [6.45, 7) is 0.742. The molecule has 2 aliphatic carbocycles. The first-order valence-corrected chi connectivity index (χ1v) is 13.8. The van der Waals surface area contributed by atoms with Crippen molar-refractivity contribution in [2.45, 2.75) is 56.5 Å². The van der Waals surface area contributed by atoms with Crippen LogP contribution in [-0.4, -0.2) is 60.7 Å². The molecule has 1 aromatic carbocycles. The highest BCUT2D eigenvalue weighted by Crippen LogP contribution is 2.45. The van der Waals surface area contributed by atoms with E-state index in [0.717, 1.165) is 47.0 Å². The second-order valence-electron chi connectivity index (χ2n) is 11.3. The second kappa shape index (κ2) is 9.32. The Hall–Kier alpha value is -4.48. The Balaban J connectivity index is 0.968. The minimum absolute atomic E-state index is 0.0990. The van der Waals surface area contributed by atoms with Crippen molar-refractivity contribution in [1.29, 1.82) is 0 Å². The fourth-order valence-corrected chi connectivity index (χ4v) is 5.91. The molecular weight excluding hydrogens is 512 g/mol. The maximum Gasteiger partial charge on any atom is 0.262 e. The Bertz CT molecular complexity index is 1550. The fraction of sp³-hybridized carbons (Fsp3) is 0.429. The summed E-state index contributed by atoms with van der Waals surface area (Å²) in [7, 11) is 1.90. The quantitative estimate of drug-likeness (QED) is 0.369. The molecular formula is C28H30N8O4. The minimum Gasteiger partial charge on any atom is -0.385 e. The summed E-state index contributed by atoms with van der Waals surface area (Å²) < 4.78 is 3.88. The first-order valence-electron chi connectivity index (χ1n) is 13.8. The molecule has 1 saturated heterocycles. The van der Waals surface area contributed by atoms with Crippen molar-refractivity contribution >= 4 is 40.7 Å². The molecule has 0 spiro atoms. The van der Waals surface area contributed by atoms with Crippen LogP contribution in [0.15, 0.2) is 36.8 Å². The van der Waals surface area contributed by atoms with E-state index in [1.54, 1.807) is 22.9 Å². The van der Waals surface area contributed by atoms with Crippen molar-refractivity contribution in [2.75, 3.05) is 17.2 Å². The minimum atomic E-state index is -0.962. The highest BCUT2D eigenvalue weighted by Gasteiger charge is 2.44. The molecule has 12 heteroatoms. The zero-order valence-corrected chi connectivity index (χ0v) is 22.1. The summed E-state index contributed by atoms with van der Waals surface area (Å²) in [5.41, 5.74) is 4.46. The van der Waals surface area contributed by atoms with Gasteiger partial charge in [0.1, 0.15) is 6.04 Å². The Morgan fingerprint density at radius 1 is 1.00 bits per heavy atom. The number of nitrogens with zero attached hydrogens (tertiary/aromatic N) is 5. The number of carbonyl (C=O) groups excluding carboxylic acids is 4. The summed E-state index contributed by atoms with van der Waals surface area (Å²) in [6.07, 6.45) is 10.5. The average molecular weight is 543 g/mol. The van der Waals surface area contributed by atoms with Gasteiger partial charge in [-0.1, -0.05) is 0 Å². The van der Waals surface area contributed by atoms with Gasteiger partial charge < -0.3 is 10.6 Å². The number of anilines is 3. The number of benzene rings is 1. The van der Waals surface area contributed by atoms with Crippen LogP contribution in [0.5, 0.6) is 0 Å². The van der Waals surface area contributed by atoms with Crippen molar-refractivity contribution in [3.05, 3.63) is 53.6 Å². The molecule has 4 amide bonds. The van der Waals surface area contributed by atoms with Gasteiger partial charge in [0, 0.05) is 44.0 Å². The van der Waals surface area contributed by atoms with Gasteiger partial charge in [-0.25, -0.2) is 0 Å². The molecule has 2 aliphatic heterocycles. The summed E-state index contributed by atoms with van der Waals surface area (Å²) in [5.74, 6) is -1.00. The van der Waals surface area contributed by atoms with E-state index in [4.69, 9.17) is 5.10 Å². The number of fused-ring (bicyclic) bond motifs is 1. The molecule has 2 aromatic heterocycles. The van der Waals surface area contributed by atoms with E-state index in [1.807, 2.05) is 19.4 Å². The number of aromatic nitrogens is 4. The molecule has 3 aromatic rings. The number of amides is 4. The van der Waals surface area contributed by atoms with Crippen LogP contribution in [0.2, 0.25) is 0 Å². The third-order valence-electron chi connectivity index (χ3n) is 8.33. The lowest BCUT2D eigenvalue weighted by Gasteiger charge is -2.35. The number of nitrogens with one attached hydrogen (secondary N) is 3. The number of aryl methyl sites for hydroxylation is 1. The van der Waals surface area contributed by atoms with Crippen molar-refractivity contribution in [3.8, 4) is 0 Å². The summed E-state index contributed by atoms with van der Waals surface area (Å²) >= 11 is 0. The molecule has 206 valence electrons. The molecule has 7 rings (SSSR count). The molecule has 0 radical (unpaired) electrons. The summed E-state index contributed by atoms with van der Waals surface area (Å²) in [4.78, 5) is 50.8. The van der Waals surface area contributed by atoms with Gasteiger partial charge in [0.25, 0.3) is 11.8 Å². The Labute approximate surface area is 230 Å². The molecule has 40 heavy (non-hydrogen) atoms. The molecule has 0 bridgehead atoms. The second-order valence-corrected chi connectivity index (χ2v) is 11.3. The van der Waals surface area contributed by atoms with Gasteiger partial charge in [-0.2, -0.15) is 10.2 Å². The molecule has 2 saturated carbocycles. The number of rotatable bonds is 8. The van der Waals surface area contributed by atoms with Gasteiger partial charge in [-0.05, 0) is 56.2 Å². The van der Waals surface area contributed by atoms with Gasteiger partial charge in [0.2, 0.25) is 11.8 Å². The topological polar surface area (TPSA) is 143 Å². The van der Waals surface area contributed by atoms with Gasteiger partial charge >= 0.3 is 0 Å². The van der Waals surface area contributed by atoms with Crippen molar-refractivity contribution in [2.24, 2.45) is 13.0 Å². The van der Waals surface area contributed by atoms with Crippen molar-refractivity contribution in [3.63, 3.8) is 0 Å². The van der Waals surface area contributed by atoms with E-state index in [2.05, 4.69) is 31.9 Å². The lowest BCUT2D eigenvalue weighted by atomic mass is 9.80. The van der Waals surface area contributed by atoms with Crippen molar-refractivity contribution in [1.82, 2.24) is 29.8 Å². The first kappa shape index (κ1) is 24.6. The van der Waals surface area contributed by atoms with Crippen LogP contribution in [-0.2, 0) is 16.6 Å². The van der Waals surface area contributed by atoms with Crippen LogP contribution < -0.4 is 16.0 Å². The molecule has 3 N–H and O–H groups in total. The first-order chi connectivity index (χ1) is 19.3. The van der Waals surface area contributed by atoms with E-state index in [9.17, 15) is 19.2 Å². The third-order valence-corrected chi connectivity index (χ3v) is 8.33. The van der Waals surface area contributed by atoms with Crippen LogP contribution in [0.3, 0.4) is 0 Å². The molecule has 12 nitrogen and oxygen atoms in total. The predicted octanol–water partition coefficient (Wildman–Crippen LogP) is 2.70. The van der Waals surface area contributed by atoms with E-state index < -0.39 is 23.8 Å². The molecule has 1 atom stereocenters. The average Bonchev–Trinajstić information content (AvgIpc) is 3.47. The zero-order chi connectivity index (χ0) is 27.5. The number of hydrogen-bond donors (Lipinski definition) is 3. The highest BCUT2D eigenvalue weighted by atomic mass is 16.2. The lowest BCUT2D eigenvalue weighted by Crippen LogP contribution is -2.54. The Morgan fingerprint density at radius 3 is 2.52 bits per heavy atom. The maximum atomic E-state index is 13.1. The normalized spacial score (nSPS) is 24.1. The number of hydrogen-bond acceptors (Lipinski definition) is 8. The van der Waals surface area contributed by atoms with Crippen molar-refractivity contribution < 1.29 is 19.2 Å². The SMILES string of the molecule is Cn1cc(Nc2cn(C3CC(CNc4ccc5c(c4)C(=O)N(C4CCC(=O)NC4=O)C5=O)C3)nc2C2CC2)cn1. The van der Waals surface area contributed by atoms with Gasteiger partial charge in [0.05, 0.1) is 40.4 Å². The number of carbonyl (C=O) groups is 4. The smallest absolute Gasteiger partial charge is 0.262 e. The number of imide groups is 2. The van der Waals surface area contributed by atoms with Crippen LogP contribution in [0.1, 0.15) is 76.9 Å². The highest BCUT2D eigenvalue weighted by molar-refractivity contribution is 6.23. The van der Waals surface area contributed by atoms with E-state index in [-0.39, 0.29) is 29.9 Å². The van der Waals surface area contributed by atoms with Gasteiger partial charge in [-0.3, -0.25) is 38.8 Å². The summed E-state index contributed by atoms with van der Waals surface area (Å²) in [6, 6.07) is 4.49. The molecule has 3 fully saturated rings. The zero-order valence-electron chi connectivity index (χ0n) is 22.1. The van der Waals surface area contributed by atoms with E-state index in [1.165, 1.54) is 12.8 Å². The van der Waals surface area contributed by atoms with Gasteiger partial charge in [-0.15, -0.1) is 0 Å². The van der Waals surface area contributed by atoms with Gasteiger partial charge in [0.15, 0.2) is 0 Å².